The molecule has 0 amide bonds. The summed E-state index contributed by atoms with van der Waals surface area (Å²) >= 11 is 0. The summed E-state index contributed by atoms with van der Waals surface area (Å²) in [6, 6.07) is 0. The number of esters is 3. The van der Waals surface area contributed by atoms with Crippen LogP contribution in [0.3, 0.4) is 0 Å². The van der Waals surface area contributed by atoms with Gasteiger partial charge in [-0.1, -0.05) is 166 Å². The zero-order chi connectivity index (χ0) is 37.3. The quantitative estimate of drug-likeness (QED) is 0.0274. The van der Waals surface area contributed by atoms with Gasteiger partial charge in [0.05, 0.1) is 0 Å². The summed E-state index contributed by atoms with van der Waals surface area (Å²) in [7, 11) is 0. The van der Waals surface area contributed by atoms with Gasteiger partial charge < -0.3 is 14.2 Å². The van der Waals surface area contributed by atoms with Crippen molar-refractivity contribution >= 4 is 17.9 Å². The smallest absolute Gasteiger partial charge is 0.306 e. The molecule has 51 heavy (non-hydrogen) atoms. The third-order valence-corrected chi connectivity index (χ3v) is 9.13. The van der Waals surface area contributed by atoms with Gasteiger partial charge in [0.2, 0.25) is 0 Å². The molecule has 0 rings (SSSR count). The Balaban J connectivity index is 4.34. The monoisotopic (exact) mass is 717 g/mol. The second-order valence-corrected chi connectivity index (χ2v) is 14.2. The second-order valence-electron chi connectivity index (χ2n) is 14.2. The predicted octanol–water partition coefficient (Wildman–Crippen LogP) is 13.4. The highest BCUT2D eigenvalue weighted by Crippen LogP contribution is 2.14. The van der Waals surface area contributed by atoms with Crippen LogP contribution in [-0.2, 0) is 28.6 Å². The average Bonchev–Trinajstić information content (AvgIpc) is 3.12. The van der Waals surface area contributed by atoms with E-state index < -0.39 is 6.10 Å². The zero-order valence-corrected chi connectivity index (χ0v) is 33.6. The summed E-state index contributed by atoms with van der Waals surface area (Å²) < 4.78 is 16.6. The van der Waals surface area contributed by atoms with E-state index in [0.717, 1.165) is 57.8 Å². The first-order chi connectivity index (χ1) is 25.0. The van der Waals surface area contributed by atoms with E-state index in [1.165, 1.54) is 103 Å². The molecular formula is C45H80O6. The topological polar surface area (TPSA) is 78.9 Å². The largest absolute Gasteiger partial charge is 0.462 e. The standard InChI is InChI=1S/C45H80O6/c1-4-7-10-13-16-19-20-21-22-23-24-27-29-32-35-38-44(47)50-41-42(51-45(48)39-36-33-30-26-18-15-12-9-6-3)40-49-43(46)37-34-31-28-25-17-14-11-8-5-2/h9,12,18,25-26,28,42H,4-8,10-11,13-17,19-24,27,29-41H2,1-3H3/b12-9-,26-18-,28-25-. The number of unbranched alkanes of at least 4 members (excludes halogenated alkanes) is 21. The molecular weight excluding hydrogens is 636 g/mol. The third kappa shape index (κ3) is 38.7. The summed E-state index contributed by atoms with van der Waals surface area (Å²) in [6.45, 7) is 6.41. The molecule has 6 heteroatoms. The van der Waals surface area contributed by atoms with Crippen LogP contribution in [0.4, 0.5) is 0 Å². The molecule has 0 spiro atoms. The van der Waals surface area contributed by atoms with E-state index in [2.05, 4.69) is 57.2 Å². The molecule has 0 saturated carbocycles. The van der Waals surface area contributed by atoms with Crippen LogP contribution >= 0.6 is 0 Å². The summed E-state index contributed by atoms with van der Waals surface area (Å²) in [6.07, 6.45) is 44.4. The molecule has 0 aromatic heterocycles. The van der Waals surface area contributed by atoms with E-state index in [9.17, 15) is 14.4 Å². The maximum atomic E-state index is 12.6. The van der Waals surface area contributed by atoms with E-state index in [1.54, 1.807) is 0 Å². The SMILES string of the molecule is CC/C=C\C/C=C\CCCCC(=O)OC(COC(=O)CCC/C=C\CCCCCC)COC(=O)CCCCCCCCCCCCCCCCC. The molecule has 0 aliphatic rings. The molecule has 0 bridgehead atoms. The molecule has 6 nitrogen and oxygen atoms in total. The van der Waals surface area contributed by atoms with Crippen LogP contribution in [0.1, 0.15) is 213 Å². The summed E-state index contributed by atoms with van der Waals surface area (Å²) in [5, 5.41) is 0. The fourth-order valence-corrected chi connectivity index (χ4v) is 5.89. The van der Waals surface area contributed by atoms with Crippen LogP contribution in [0.2, 0.25) is 0 Å². The Labute approximate surface area is 315 Å². The van der Waals surface area contributed by atoms with Crippen molar-refractivity contribution in [2.75, 3.05) is 13.2 Å². The number of carbonyl (C=O) groups is 3. The van der Waals surface area contributed by atoms with Crippen LogP contribution in [0, 0.1) is 0 Å². The lowest BCUT2D eigenvalue weighted by Gasteiger charge is -2.18. The van der Waals surface area contributed by atoms with Crippen LogP contribution in [0.5, 0.6) is 0 Å². The van der Waals surface area contributed by atoms with Crippen LogP contribution in [-0.4, -0.2) is 37.2 Å². The summed E-state index contributed by atoms with van der Waals surface area (Å²) in [4.78, 5) is 37.5. The zero-order valence-electron chi connectivity index (χ0n) is 33.6. The molecule has 1 unspecified atom stereocenters. The first-order valence-corrected chi connectivity index (χ1v) is 21.5. The number of hydrogen-bond donors (Lipinski definition) is 0. The van der Waals surface area contributed by atoms with E-state index in [0.29, 0.717) is 25.7 Å². The Hall–Kier alpha value is -2.37. The van der Waals surface area contributed by atoms with Gasteiger partial charge in [-0.15, -0.1) is 0 Å². The van der Waals surface area contributed by atoms with E-state index in [4.69, 9.17) is 14.2 Å². The van der Waals surface area contributed by atoms with Crippen LogP contribution < -0.4 is 0 Å². The van der Waals surface area contributed by atoms with Crippen molar-refractivity contribution < 1.29 is 28.6 Å². The number of ether oxygens (including phenoxy) is 3. The van der Waals surface area contributed by atoms with Crippen LogP contribution in [0.25, 0.3) is 0 Å². The molecule has 296 valence electrons. The maximum Gasteiger partial charge on any atom is 0.306 e. The molecule has 0 saturated heterocycles. The van der Waals surface area contributed by atoms with Crippen molar-refractivity contribution in [3.63, 3.8) is 0 Å². The van der Waals surface area contributed by atoms with E-state index in [-0.39, 0.29) is 37.5 Å². The van der Waals surface area contributed by atoms with Gasteiger partial charge in [0, 0.05) is 19.3 Å². The maximum absolute atomic E-state index is 12.6. The number of allylic oxidation sites excluding steroid dienone is 6. The third-order valence-electron chi connectivity index (χ3n) is 9.13. The summed E-state index contributed by atoms with van der Waals surface area (Å²) in [5.74, 6) is -0.968. The first kappa shape index (κ1) is 48.6. The van der Waals surface area contributed by atoms with Gasteiger partial charge in [-0.25, -0.2) is 0 Å². The Morgan fingerprint density at radius 2 is 0.784 bits per heavy atom. The molecule has 0 radical (unpaired) electrons. The van der Waals surface area contributed by atoms with Gasteiger partial charge in [-0.2, -0.15) is 0 Å². The minimum Gasteiger partial charge on any atom is -0.462 e. The number of rotatable bonds is 38. The normalized spacial score (nSPS) is 12.3. The first-order valence-electron chi connectivity index (χ1n) is 21.5. The Morgan fingerprint density at radius 3 is 1.31 bits per heavy atom. The molecule has 0 aromatic carbocycles. The van der Waals surface area contributed by atoms with Crippen LogP contribution in [0.15, 0.2) is 36.5 Å². The van der Waals surface area contributed by atoms with Crippen molar-refractivity contribution in [1.29, 1.82) is 0 Å². The minimum atomic E-state index is -0.792. The Bertz CT molecular complexity index is 876. The predicted molar refractivity (Wildman–Crippen MR) is 215 cm³/mol. The molecule has 0 N–H and O–H groups in total. The van der Waals surface area contributed by atoms with Gasteiger partial charge in [0.25, 0.3) is 0 Å². The highest BCUT2D eigenvalue weighted by Gasteiger charge is 2.19. The highest BCUT2D eigenvalue weighted by molar-refractivity contribution is 5.71. The number of hydrogen-bond acceptors (Lipinski definition) is 6. The van der Waals surface area contributed by atoms with Gasteiger partial charge >= 0.3 is 17.9 Å². The van der Waals surface area contributed by atoms with E-state index in [1.807, 2.05) is 0 Å². The molecule has 0 heterocycles. The van der Waals surface area contributed by atoms with Gasteiger partial charge in [-0.3, -0.25) is 14.4 Å². The Morgan fingerprint density at radius 1 is 0.412 bits per heavy atom. The molecule has 0 aliphatic carbocycles. The molecule has 0 aliphatic heterocycles. The molecule has 0 fully saturated rings. The van der Waals surface area contributed by atoms with Crippen molar-refractivity contribution in [1.82, 2.24) is 0 Å². The summed E-state index contributed by atoms with van der Waals surface area (Å²) in [5.41, 5.74) is 0. The fraction of sp³-hybridized carbons (Fsp3) is 0.800. The van der Waals surface area contributed by atoms with Crippen molar-refractivity contribution in [2.24, 2.45) is 0 Å². The van der Waals surface area contributed by atoms with Gasteiger partial charge in [0.15, 0.2) is 6.10 Å². The van der Waals surface area contributed by atoms with Crippen molar-refractivity contribution in [2.45, 2.75) is 219 Å². The minimum absolute atomic E-state index is 0.0919. The van der Waals surface area contributed by atoms with E-state index >= 15 is 0 Å². The number of carbonyl (C=O) groups excluding carboxylic acids is 3. The molecule has 1 atom stereocenters. The lowest BCUT2D eigenvalue weighted by molar-refractivity contribution is -0.167. The lowest BCUT2D eigenvalue weighted by atomic mass is 10.0. The second kappa shape index (κ2) is 40.4. The highest BCUT2D eigenvalue weighted by atomic mass is 16.6. The lowest BCUT2D eigenvalue weighted by Crippen LogP contribution is -2.30. The average molecular weight is 717 g/mol. The Kier molecular flexibility index (Phi) is 38.5. The van der Waals surface area contributed by atoms with Crippen molar-refractivity contribution in [3.05, 3.63) is 36.5 Å². The van der Waals surface area contributed by atoms with Gasteiger partial charge in [-0.05, 0) is 64.2 Å². The molecule has 0 aromatic rings. The fourth-order valence-electron chi connectivity index (χ4n) is 5.89. The van der Waals surface area contributed by atoms with Gasteiger partial charge in [0.1, 0.15) is 13.2 Å². The van der Waals surface area contributed by atoms with Crippen molar-refractivity contribution in [3.8, 4) is 0 Å².